The minimum atomic E-state index is 0.329. The molecule has 0 bridgehead atoms. The summed E-state index contributed by atoms with van der Waals surface area (Å²) in [6, 6.07) is 6.36. The zero-order valence-corrected chi connectivity index (χ0v) is 11.0. The van der Waals surface area contributed by atoms with E-state index in [2.05, 4.69) is 28.2 Å². The number of nitrogens with zero attached hydrogens (tertiary/aromatic N) is 1. The smallest absolute Gasteiger partial charge is 0.0419 e. The summed E-state index contributed by atoms with van der Waals surface area (Å²) in [4.78, 5) is 4.34. The summed E-state index contributed by atoms with van der Waals surface area (Å²) in [6.45, 7) is 0. The van der Waals surface area contributed by atoms with E-state index >= 15 is 0 Å². The lowest BCUT2D eigenvalue weighted by Crippen LogP contribution is -2.39. The topological polar surface area (TPSA) is 50.9 Å². The molecule has 1 aliphatic rings. The molecule has 1 saturated carbocycles. The van der Waals surface area contributed by atoms with Gasteiger partial charge in [0.1, 0.15) is 0 Å². The van der Waals surface area contributed by atoms with Crippen LogP contribution in [0.15, 0.2) is 24.4 Å². The van der Waals surface area contributed by atoms with Gasteiger partial charge in [-0.2, -0.15) is 11.8 Å². The minimum Gasteiger partial charge on any atom is -0.271 e. The number of hydrogen-bond acceptors (Lipinski definition) is 4. The first kappa shape index (κ1) is 12.9. The average Bonchev–Trinajstić information content (AvgIpc) is 2.89. The van der Waals surface area contributed by atoms with Crippen molar-refractivity contribution in [2.75, 3.05) is 5.75 Å². The van der Waals surface area contributed by atoms with E-state index in [4.69, 9.17) is 5.84 Å². The molecule has 3 N–H and O–H groups in total. The van der Waals surface area contributed by atoms with E-state index in [0.29, 0.717) is 6.04 Å². The van der Waals surface area contributed by atoms with Gasteiger partial charge in [0, 0.05) is 35.4 Å². The monoisotopic (exact) mass is 251 g/mol. The van der Waals surface area contributed by atoms with Gasteiger partial charge >= 0.3 is 0 Å². The molecule has 3 nitrogen and oxygen atoms in total. The third kappa shape index (κ3) is 4.30. The Morgan fingerprint density at radius 2 is 2.24 bits per heavy atom. The molecule has 0 aromatic carbocycles. The maximum Gasteiger partial charge on any atom is 0.0419 e. The summed E-state index contributed by atoms with van der Waals surface area (Å²) in [5.74, 6) is 6.70. The summed E-state index contributed by atoms with van der Waals surface area (Å²) in [5.41, 5.74) is 4.03. The molecule has 1 aromatic rings. The zero-order chi connectivity index (χ0) is 11.9. The third-order valence-corrected chi connectivity index (χ3v) is 4.79. The van der Waals surface area contributed by atoms with Gasteiger partial charge in [-0.25, -0.2) is 0 Å². The fourth-order valence-electron chi connectivity index (χ4n) is 2.24. The van der Waals surface area contributed by atoms with Gasteiger partial charge in [-0.15, -0.1) is 0 Å². The van der Waals surface area contributed by atoms with Crippen molar-refractivity contribution in [2.45, 2.75) is 43.4 Å². The molecule has 0 radical (unpaired) electrons. The molecule has 1 aromatic heterocycles. The number of aromatic nitrogens is 1. The fourth-order valence-corrected chi connectivity index (χ4v) is 3.63. The molecule has 17 heavy (non-hydrogen) atoms. The number of nitrogens with two attached hydrogens (primary N) is 1. The lowest BCUT2D eigenvalue weighted by Gasteiger charge is -2.17. The highest BCUT2D eigenvalue weighted by atomic mass is 32.2. The van der Waals surface area contributed by atoms with Gasteiger partial charge < -0.3 is 0 Å². The number of hydrazine groups is 1. The summed E-state index contributed by atoms with van der Waals surface area (Å²) in [6.07, 6.45) is 8.32. The van der Waals surface area contributed by atoms with E-state index in [1.807, 2.05) is 18.3 Å². The Hall–Kier alpha value is -0.580. The van der Waals surface area contributed by atoms with E-state index in [0.717, 1.165) is 23.1 Å². The van der Waals surface area contributed by atoms with Crippen LogP contribution in [-0.2, 0) is 6.42 Å². The molecule has 1 fully saturated rings. The van der Waals surface area contributed by atoms with Crippen molar-refractivity contribution < 1.29 is 0 Å². The molecule has 0 amide bonds. The first-order valence-electron chi connectivity index (χ1n) is 6.36. The van der Waals surface area contributed by atoms with Gasteiger partial charge in [0.2, 0.25) is 0 Å². The molecular formula is C13H21N3S. The Bertz CT molecular complexity index is 312. The fraction of sp³-hybridized carbons (Fsp3) is 0.615. The van der Waals surface area contributed by atoms with Crippen LogP contribution in [-0.4, -0.2) is 22.0 Å². The second-order valence-corrected chi connectivity index (χ2v) is 5.96. The lowest BCUT2D eigenvalue weighted by molar-refractivity contribution is 0.568. The summed E-state index contributed by atoms with van der Waals surface area (Å²) in [7, 11) is 0. The third-order valence-electron chi connectivity index (χ3n) is 3.25. The predicted molar refractivity (Wildman–Crippen MR) is 73.8 cm³/mol. The van der Waals surface area contributed by atoms with Crippen LogP contribution in [0.3, 0.4) is 0 Å². The Balaban J connectivity index is 1.76. The van der Waals surface area contributed by atoms with Crippen molar-refractivity contribution in [1.82, 2.24) is 10.4 Å². The van der Waals surface area contributed by atoms with Crippen molar-refractivity contribution in [3.63, 3.8) is 0 Å². The van der Waals surface area contributed by atoms with Crippen molar-refractivity contribution in [1.29, 1.82) is 0 Å². The van der Waals surface area contributed by atoms with Gasteiger partial charge in [-0.1, -0.05) is 18.9 Å². The Morgan fingerprint density at radius 1 is 1.41 bits per heavy atom. The van der Waals surface area contributed by atoms with Crippen molar-refractivity contribution >= 4 is 11.8 Å². The molecule has 0 saturated heterocycles. The van der Waals surface area contributed by atoms with E-state index in [-0.39, 0.29) is 0 Å². The normalized spacial score (nSPS) is 18.4. The van der Waals surface area contributed by atoms with Crippen LogP contribution < -0.4 is 11.3 Å². The first-order chi connectivity index (χ1) is 8.38. The molecule has 1 heterocycles. The molecule has 4 heteroatoms. The van der Waals surface area contributed by atoms with Crippen molar-refractivity contribution in [3.05, 3.63) is 30.1 Å². The standard InChI is InChI=1S/C13H21N3S/c14-16-12(9-11-5-3-4-8-15-11)10-17-13-6-1-2-7-13/h3-5,8,12-13,16H,1-2,6-7,9-10,14H2. The minimum absolute atomic E-state index is 0.329. The van der Waals surface area contributed by atoms with E-state index in [9.17, 15) is 0 Å². The average molecular weight is 251 g/mol. The highest BCUT2D eigenvalue weighted by molar-refractivity contribution is 7.99. The van der Waals surface area contributed by atoms with Crippen LogP contribution in [0.2, 0.25) is 0 Å². The second kappa shape index (κ2) is 6.99. The van der Waals surface area contributed by atoms with Crippen LogP contribution >= 0.6 is 11.8 Å². The molecule has 0 spiro atoms. The molecule has 2 rings (SSSR count). The maximum absolute atomic E-state index is 5.61. The highest BCUT2D eigenvalue weighted by Crippen LogP contribution is 2.29. The Morgan fingerprint density at radius 3 is 2.88 bits per heavy atom. The van der Waals surface area contributed by atoms with E-state index < -0.39 is 0 Å². The number of hydrogen-bond donors (Lipinski definition) is 2. The predicted octanol–water partition coefficient (Wildman–Crippen LogP) is 2.13. The van der Waals surface area contributed by atoms with Crippen LogP contribution in [0.1, 0.15) is 31.4 Å². The van der Waals surface area contributed by atoms with Crippen LogP contribution in [0.4, 0.5) is 0 Å². The molecule has 1 unspecified atom stereocenters. The molecule has 1 aliphatic carbocycles. The highest BCUT2D eigenvalue weighted by Gasteiger charge is 2.17. The second-order valence-electron chi connectivity index (χ2n) is 4.63. The van der Waals surface area contributed by atoms with E-state index in [1.54, 1.807) is 0 Å². The molecule has 1 atom stereocenters. The first-order valence-corrected chi connectivity index (χ1v) is 7.41. The lowest BCUT2D eigenvalue weighted by atomic mass is 10.2. The largest absolute Gasteiger partial charge is 0.271 e. The SMILES string of the molecule is NNC(CSC1CCCC1)Cc1ccccn1. The van der Waals surface area contributed by atoms with Crippen molar-refractivity contribution in [3.8, 4) is 0 Å². The summed E-state index contributed by atoms with van der Waals surface area (Å²) in [5, 5.41) is 0.856. The molecular weight excluding hydrogens is 230 g/mol. The number of nitrogens with one attached hydrogen (secondary N) is 1. The van der Waals surface area contributed by atoms with Gasteiger partial charge in [0.05, 0.1) is 0 Å². The van der Waals surface area contributed by atoms with Crippen molar-refractivity contribution in [2.24, 2.45) is 5.84 Å². The Labute approximate surface area is 108 Å². The van der Waals surface area contributed by atoms with Gasteiger partial charge in [-0.3, -0.25) is 16.3 Å². The Kier molecular flexibility index (Phi) is 5.29. The quantitative estimate of drug-likeness (QED) is 0.601. The number of thioether (sulfide) groups is 1. The number of rotatable bonds is 6. The van der Waals surface area contributed by atoms with E-state index in [1.165, 1.54) is 25.7 Å². The van der Waals surface area contributed by atoms with Crippen LogP contribution in [0.5, 0.6) is 0 Å². The van der Waals surface area contributed by atoms with Crippen LogP contribution in [0.25, 0.3) is 0 Å². The van der Waals surface area contributed by atoms with Gasteiger partial charge in [0.15, 0.2) is 0 Å². The van der Waals surface area contributed by atoms with Gasteiger partial charge in [0.25, 0.3) is 0 Å². The van der Waals surface area contributed by atoms with Gasteiger partial charge in [-0.05, 0) is 25.0 Å². The zero-order valence-electron chi connectivity index (χ0n) is 10.1. The summed E-state index contributed by atoms with van der Waals surface area (Å²) < 4.78 is 0. The maximum atomic E-state index is 5.61. The molecule has 0 aliphatic heterocycles. The summed E-state index contributed by atoms with van der Waals surface area (Å²) >= 11 is 2.07. The number of pyridine rings is 1. The van der Waals surface area contributed by atoms with Crippen LogP contribution in [0, 0.1) is 0 Å². The molecule has 94 valence electrons.